The van der Waals surface area contributed by atoms with Crippen LogP contribution < -0.4 is 0 Å². The molecule has 2 fully saturated rings. The third-order valence-electron chi connectivity index (χ3n) is 4.33. The van der Waals surface area contributed by atoms with E-state index >= 15 is 0 Å². The van der Waals surface area contributed by atoms with E-state index in [0.29, 0.717) is 6.42 Å². The van der Waals surface area contributed by atoms with Crippen molar-refractivity contribution in [2.75, 3.05) is 0 Å². The maximum Gasteiger partial charge on any atom is 0.305 e. The van der Waals surface area contributed by atoms with Crippen molar-refractivity contribution in [2.45, 2.75) is 71.1 Å². The number of esters is 3. The fraction of sp³-hybridized carbons (Fsp3) is 0.800. The first-order valence-corrected chi connectivity index (χ1v) is 7.49. The molecule has 0 bridgehead atoms. The van der Waals surface area contributed by atoms with Gasteiger partial charge in [0, 0.05) is 20.8 Å². The Labute approximate surface area is 129 Å². The Morgan fingerprint density at radius 1 is 1.05 bits per heavy atom. The third kappa shape index (κ3) is 2.95. The van der Waals surface area contributed by atoms with E-state index in [-0.39, 0.29) is 5.92 Å². The van der Waals surface area contributed by atoms with Crippen LogP contribution in [0.4, 0.5) is 0 Å². The summed E-state index contributed by atoms with van der Waals surface area (Å²) in [6.07, 6.45) is -0.346. The predicted molar refractivity (Wildman–Crippen MR) is 73.5 cm³/mol. The van der Waals surface area contributed by atoms with Gasteiger partial charge in [0.1, 0.15) is 5.60 Å². The van der Waals surface area contributed by atoms with Crippen molar-refractivity contribution in [3.05, 3.63) is 0 Å². The van der Waals surface area contributed by atoms with E-state index in [2.05, 4.69) is 0 Å². The molecule has 124 valence electrons. The molecule has 7 nitrogen and oxygen atoms in total. The molecule has 0 radical (unpaired) electrons. The Bertz CT molecular complexity index is 473. The zero-order chi connectivity index (χ0) is 16.5. The van der Waals surface area contributed by atoms with Crippen molar-refractivity contribution >= 4 is 17.9 Å². The van der Waals surface area contributed by atoms with Gasteiger partial charge in [-0.05, 0) is 18.8 Å². The maximum atomic E-state index is 11.5. The van der Waals surface area contributed by atoms with Crippen LogP contribution in [0.25, 0.3) is 0 Å². The van der Waals surface area contributed by atoms with E-state index in [4.69, 9.17) is 18.9 Å². The molecule has 2 rings (SSSR count). The molecule has 1 saturated carbocycles. The molecule has 0 aromatic heterocycles. The molecule has 7 heteroatoms. The Hall–Kier alpha value is -1.63. The average Bonchev–Trinajstić information content (AvgIpc) is 2.64. The fourth-order valence-electron chi connectivity index (χ4n) is 3.39. The first-order valence-electron chi connectivity index (χ1n) is 7.49. The predicted octanol–water partition coefficient (Wildman–Crippen LogP) is 1.33. The minimum atomic E-state index is -1.06. The van der Waals surface area contributed by atoms with Crippen LogP contribution in [0.2, 0.25) is 0 Å². The maximum absolute atomic E-state index is 11.5. The van der Waals surface area contributed by atoms with Gasteiger partial charge in [0.15, 0.2) is 6.10 Å². The van der Waals surface area contributed by atoms with Crippen LogP contribution >= 0.6 is 0 Å². The summed E-state index contributed by atoms with van der Waals surface area (Å²) < 4.78 is 21.7. The van der Waals surface area contributed by atoms with Gasteiger partial charge in [-0.15, -0.1) is 0 Å². The van der Waals surface area contributed by atoms with Gasteiger partial charge in [0.2, 0.25) is 12.4 Å². The van der Waals surface area contributed by atoms with Crippen molar-refractivity contribution in [3.63, 3.8) is 0 Å². The van der Waals surface area contributed by atoms with Crippen LogP contribution in [0.3, 0.4) is 0 Å². The van der Waals surface area contributed by atoms with Gasteiger partial charge in [-0.2, -0.15) is 0 Å². The largest absolute Gasteiger partial charge is 0.455 e. The minimum Gasteiger partial charge on any atom is -0.455 e. The SMILES string of the molecule is CC[C@H]1CC[C@@]12O[C@@H](OC(C)=O)C(OC(C)=O)[C@H]2OC(C)=O. The third-order valence-corrected chi connectivity index (χ3v) is 4.33. The van der Waals surface area contributed by atoms with Crippen LogP contribution in [0, 0.1) is 5.92 Å². The van der Waals surface area contributed by atoms with E-state index in [1.165, 1.54) is 20.8 Å². The quantitative estimate of drug-likeness (QED) is 0.571. The highest BCUT2D eigenvalue weighted by molar-refractivity contribution is 5.68. The van der Waals surface area contributed by atoms with Crippen molar-refractivity contribution in [3.8, 4) is 0 Å². The number of hydrogen-bond donors (Lipinski definition) is 0. The summed E-state index contributed by atoms with van der Waals surface area (Å²) in [6, 6.07) is 0. The average molecular weight is 314 g/mol. The van der Waals surface area contributed by atoms with Crippen LogP contribution in [0.1, 0.15) is 47.0 Å². The molecule has 1 saturated heterocycles. The van der Waals surface area contributed by atoms with Crippen LogP contribution in [0.5, 0.6) is 0 Å². The Morgan fingerprint density at radius 2 is 1.64 bits per heavy atom. The van der Waals surface area contributed by atoms with Crippen LogP contribution in [-0.2, 0) is 33.3 Å². The van der Waals surface area contributed by atoms with Crippen molar-refractivity contribution in [2.24, 2.45) is 5.92 Å². The molecule has 1 spiro atoms. The van der Waals surface area contributed by atoms with Gasteiger partial charge in [0.05, 0.1) is 0 Å². The van der Waals surface area contributed by atoms with E-state index < -0.39 is 42.0 Å². The molecular formula is C15H22O7. The number of ether oxygens (including phenoxy) is 4. The highest BCUT2D eigenvalue weighted by Crippen LogP contribution is 2.53. The summed E-state index contributed by atoms with van der Waals surface area (Å²) in [4.78, 5) is 34.1. The van der Waals surface area contributed by atoms with Gasteiger partial charge in [-0.3, -0.25) is 14.4 Å². The van der Waals surface area contributed by atoms with Crippen molar-refractivity contribution in [1.82, 2.24) is 0 Å². The van der Waals surface area contributed by atoms with Gasteiger partial charge >= 0.3 is 17.9 Å². The lowest BCUT2D eigenvalue weighted by Gasteiger charge is -2.48. The molecule has 0 aromatic rings. The zero-order valence-electron chi connectivity index (χ0n) is 13.3. The Morgan fingerprint density at radius 3 is 2.05 bits per heavy atom. The number of hydrogen-bond acceptors (Lipinski definition) is 7. The molecule has 0 N–H and O–H groups in total. The second-order valence-electron chi connectivity index (χ2n) is 5.80. The topological polar surface area (TPSA) is 88.1 Å². The Kier molecular flexibility index (Phi) is 4.75. The van der Waals surface area contributed by atoms with Crippen molar-refractivity contribution < 1.29 is 33.3 Å². The van der Waals surface area contributed by atoms with Gasteiger partial charge in [0.25, 0.3) is 0 Å². The highest BCUT2D eigenvalue weighted by atomic mass is 16.8. The lowest BCUT2D eigenvalue weighted by molar-refractivity contribution is -0.232. The molecule has 0 aromatic carbocycles. The van der Waals surface area contributed by atoms with Gasteiger partial charge in [-0.25, -0.2) is 0 Å². The highest BCUT2D eigenvalue weighted by Gasteiger charge is 2.66. The number of rotatable bonds is 4. The normalized spacial score (nSPS) is 36.5. The standard InChI is InChI=1S/C15H22O7/c1-5-11-6-7-15(11)13(20-9(3)17)12(19-8(2)16)14(22-15)21-10(4)18/h11-14H,5-7H2,1-4H3/t11-,12?,13+,14+,15+/m0/s1. The molecule has 1 heterocycles. The molecule has 22 heavy (non-hydrogen) atoms. The molecule has 5 atom stereocenters. The summed E-state index contributed by atoms with van der Waals surface area (Å²) >= 11 is 0. The lowest BCUT2D eigenvalue weighted by Crippen LogP contribution is -2.57. The summed E-state index contributed by atoms with van der Waals surface area (Å²) in [5, 5.41) is 0. The summed E-state index contributed by atoms with van der Waals surface area (Å²) in [5.74, 6) is -1.42. The van der Waals surface area contributed by atoms with E-state index in [9.17, 15) is 14.4 Å². The molecule has 1 unspecified atom stereocenters. The number of carbonyl (C=O) groups is 3. The minimum absolute atomic E-state index is 0.162. The first kappa shape index (κ1) is 16.7. The Balaban J connectivity index is 2.31. The molecule has 2 aliphatic rings. The van der Waals surface area contributed by atoms with Crippen LogP contribution in [0.15, 0.2) is 0 Å². The fourth-order valence-corrected chi connectivity index (χ4v) is 3.39. The van der Waals surface area contributed by atoms with E-state index in [1.807, 2.05) is 6.92 Å². The summed E-state index contributed by atoms with van der Waals surface area (Å²) in [5.41, 5.74) is -0.749. The first-order chi connectivity index (χ1) is 10.3. The monoisotopic (exact) mass is 314 g/mol. The summed E-state index contributed by atoms with van der Waals surface area (Å²) in [7, 11) is 0. The molecule has 1 aliphatic carbocycles. The van der Waals surface area contributed by atoms with E-state index in [0.717, 1.165) is 12.8 Å². The van der Waals surface area contributed by atoms with Gasteiger partial charge < -0.3 is 18.9 Å². The second kappa shape index (κ2) is 6.24. The van der Waals surface area contributed by atoms with E-state index in [1.54, 1.807) is 0 Å². The summed E-state index contributed by atoms with van der Waals surface area (Å²) in [6.45, 7) is 5.80. The number of carbonyl (C=O) groups excluding carboxylic acids is 3. The second-order valence-corrected chi connectivity index (χ2v) is 5.80. The molecule has 1 aliphatic heterocycles. The smallest absolute Gasteiger partial charge is 0.305 e. The zero-order valence-corrected chi connectivity index (χ0v) is 13.3. The molecular weight excluding hydrogens is 292 g/mol. The lowest BCUT2D eigenvalue weighted by atomic mass is 9.65. The van der Waals surface area contributed by atoms with Gasteiger partial charge in [-0.1, -0.05) is 13.3 Å². The van der Waals surface area contributed by atoms with Crippen molar-refractivity contribution in [1.29, 1.82) is 0 Å². The van der Waals surface area contributed by atoms with Crippen LogP contribution in [-0.4, -0.2) is 42.0 Å². The molecule has 0 amide bonds.